The number of carbonyl (C=O) groups excluding carboxylic acids is 1. The first kappa shape index (κ1) is 17.3. The van der Waals surface area contributed by atoms with Crippen molar-refractivity contribution < 1.29 is 9.53 Å². The summed E-state index contributed by atoms with van der Waals surface area (Å²) in [4.78, 5) is 10.8. The van der Waals surface area contributed by atoms with E-state index < -0.39 is 0 Å². The zero-order valence-corrected chi connectivity index (χ0v) is 15.3. The van der Waals surface area contributed by atoms with Crippen molar-refractivity contribution >= 4 is 12.1 Å². The Kier molecular flexibility index (Phi) is 5.20. The van der Waals surface area contributed by atoms with Crippen LogP contribution in [0.1, 0.15) is 28.7 Å². The Morgan fingerprint density at radius 1 is 0.889 bits per heavy atom. The first-order chi connectivity index (χ1) is 13.4. The topological polar surface area (TPSA) is 38.3 Å². The van der Waals surface area contributed by atoms with Crippen LogP contribution in [0.2, 0.25) is 0 Å². The van der Waals surface area contributed by atoms with Gasteiger partial charge in [0, 0.05) is 11.3 Å². The maximum atomic E-state index is 10.8. The highest BCUT2D eigenvalue weighted by molar-refractivity contribution is 5.82. The fraction of sp³-hybridized carbons (Fsp3) is 0.208. The van der Waals surface area contributed by atoms with Crippen molar-refractivity contribution in [3.63, 3.8) is 0 Å². The van der Waals surface area contributed by atoms with E-state index in [2.05, 4.69) is 47.8 Å². The summed E-state index contributed by atoms with van der Waals surface area (Å²) < 4.78 is 4.80. The summed E-state index contributed by atoms with van der Waals surface area (Å²) in [5.41, 5.74) is 9.27. The second kappa shape index (κ2) is 8.09. The van der Waals surface area contributed by atoms with Gasteiger partial charge in [-0.2, -0.15) is 0 Å². The smallest absolute Gasteiger partial charge is 0.211 e. The summed E-state index contributed by atoms with van der Waals surface area (Å²) in [6.45, 7) is 0.733. The summed E-state index contributed by atoms with van der Waals surface area (Å²) in [6, 6.07) is 13.1. The molecule has 1 heterocycles. The minimum absolute atomic E-state index is 0.733. The van der Waals surface area contributed by atoms with E-state index in [1.807, 2.05) is 18.2 Å². The molecule has 0 bridgehead atoms. The molecule has 5 rings (SSSR count). The zero-order chi connectivity index (χ0) is 18.5. The van der Waals surface area contributed by atoms with Crippen molar-refractivity contribution in [3.8, 4) is 11.1 Å². The molecular weight excluding hydrogens is 334 g/mol. The van der Waals surface area contributed by atoms with Gasteiger partial charge in [-0.25, -0.2) is 0 Å². The molecule has 0 saturated carbocycles. The van der Waals surface area contributed by atoms with Gasteiger partial charge in [0.1, 0.15) is 6.61 Å². The molecule has 3 aliphatic rings. The lowest BCUT2D eigenvalue weighted by molar-refractivity contribution is -0.108. The highest BCUT2D eigenvalue weighted by Crippen LogP contribution is 2.39. The van der Waals surface area contributed by atoms with Crippen molar-refractivity contribution in [2.45, 2.75) is 25.7 Å². The van der Waals surface area contributed by atoms with Gasteiger partial charge in [0.15, 0.2) is 0 Å². The van der Waals surface area contributed by atoms with E-state index in [9.17, 15) is 4.79 Å². The third kappa shape index (κ3) is 3.59. The van der Waals surface area contributed by atoms with Gasteiger partial charge >= 0.3 is 0 Å². The molecule has 1 aliphatic heterocycles. The predicted octanol–water partition coefficient (Wildman–Crippen LogP) is 4.57. The SMILES string of the molecule is C1=CCOC=C1.O=CNC1=CCCc2c1ccc1c2CCc2ccccc2-1. The summed E-state index contributed by atoms with van der Waals surface area (Å²) in [6.07, 6.45) is 14.7. The Bertz CT molecular complexity index is 925. The van der Waals surface area contributed by atoms with Gasteiger partial charge < -0.3 is 10.1 Å². The van der Waals surface area contributed by atoms with Crippen molar-refractivity contribution in [3.05, 3.63) is 89.2 Å². The van der Waals surface area contributed by atoms with Crippen LogP contribution in [0.25, 0.3) is 16.8 Å². The standard InChI is InChI=1S/C19H17NO.C5H6O/c21-12-20-19-7-3-6-15-17-9-8-13-4-1-2-5-14(13)16(17)10-11-18(15)19;1-2-4-6-5-3-1/h1-2,4-5,7,10-12H,3,6,8-9H2,(H,20,21);1-4H,5H2. The maximum absolute atomic E-state index is 10.8. The molecule has 3 heteroatoms. The molecule has 0 atom stereocenters. The summed E-state index contributed by atoms with van der Waals surface area (Å²) in [5.74, 6) is 0. The van der Waals surface area contributed by atoms with E-state index in [-0.39, 0.29) is 0 Å². The van der Waals surface area contributed by atoms with Crippen molar-refractivity contribution in [1.82, 2.24) is 5.32 Å². The molecule has 0 radical (unpaired) electrons. The summed E-state index contributed by atoms with van der Waals surface area (Å²) in [7, 11) is 0. The van der Waals surface area contributed by atoms with Crippen LogP contribution in [-0.2, 0) is 28.8 Å². The van der Waals surface area contributed by atoms with E-state index in [1.54, 1.807) is 6.26 Å². The van der Waals surface area contributed by atoms with E-state index in [1.165, 1.54) is 33.4 Å². The number of rotatable bonds is 2. The number of ether oxygens (including phenoxy) is 1. The van der Waals surface area contributed by atoms with Crippen molar-refractivity contribution in [2.75, 3.05) is 6.61 Å². The number of benzene rings is 2. The van der Waals surface area contributed by atoms with E-state index in [0.29, 0.717) is 0 Å². The quantitative estimate of drug-likeness (QED) is 0.800. The third-order valence-electron chi connectivity index (χ3n) is 5.24. The molecule has 3 nitrogen and oxygen atoms in total. The van der Waals surface area contributed by atoms with Crippen LogP contribution in [-0.4, -0.2) is 13.0 Å². The van der Waals surface area contributed by atoms with Crippen LogP contribution in [0.4, 0.5) is 0 Å². The Balaban J connectivity index is 0.000000257. The van der Waals surface area contributed by atoms with Crippen LogP contribution < -0.4 is 5.32 Å². The molecule has 0 saturated heterocycles. The Morgan fingerprint density at radius 2 is 1.74 bits per heavy atom. The van der Waals surface area contributed by atoms with Gasteiger partial charge in [0.25, 0.3) is 0 Å². The van der Waals surface area contributed by atoms with Gasteiger partial charge in [-0.15, -0.1) is 0 Å². The number of allylic oxidation sites excluding steroid dienone is 3. The first-order valence-corrected chi connectivity index (χ1v) is 9.45. The van der Waals surface area contributed by atoms with Crippen molar-refractivity contribution in [2.24, 2.45) is 0 Å². The number of aryl methyl sites for hydroxylation is 1. The fourth-order valence-electron chi connectivity index (χ4n) is 4.05. The number of amides is 1. The zero-order valence-electron chi connectivity index (χ0n) is 15.3. The minimum atomic E-state index is 0.733. The molecule has 0 fully saturated rings. The maximum Gasteiger partial charge on any atom is 0.211 e. The van der Waals surface area contributed by atoms with Gasteiger partial charge in [-0.05, 0) is 65.7 Å². The molecule has 1 amide bonds. The summed E-state index contributed by atoms with van der Waals surface area (Å²) in [5, 5.41) is 2.85. The largest absolute Gasteiger partial charge is 0.497 e. The monoisotopic (exact) mass is 357 g/mol. The lowest BCUT2D eigenvalue weighted by atomic mass is 9.79. The molecule has 0 aromatic heterocycles. The van der Waals surface area contributed by atoms with Gasteiger partial charge in [0.2, 0.25) is 6.41 Å². The number of nitrogens with one attached hydrogen (secondary N) is 1. The van der Waals surface area contributed by atoms with E-state index in [0.717, 1.165) is 44.4 Å². The Morgan fingerprint density at radius 3 is 2.48 bits per heavy atom. The molecular formula is C24H23NO2. The highest BCUT2D eigenvalue weighted by Gasteiger charge is 2.22. The molecule has 2 aliphatic carbocycles. The average molecular weight is 357 g/mol. The normalized spacial score (nSPS) is 15.8. The average Bonchev–Trinajstić information content (AvgIpc) is 2.75. The first-order valence-electron chi connectivity index (χ1n) is 9.45. The van der Waals surface area contributed by atoms with Crippen LogP contribution in [0.5, 0.6) is 0 Å². The van der Waals surface area contributed by atoms with Gasteiger partial charge in [-0.3, -0.25) is 4.79 Å². The van der Waals surface area contributed by atoms with E-state index >= 15 is 0 Å². The second-order valence-electron chi connectivity index (χ2n) is 6.78. The molecule has 136 valence electrons. The van der Waals surface area contributed by atoms with Gasteiger partial charge in [0.05, 0.1) is 6.26 Å². The lowest BCUT2D eigenvalue weighted by Gasteiger charge is -2.27. The molecule has 2 aromatic carbocycles. The van der Waals surface area contributed by atoms with Crippen LogP contribution in [0.15, 0.2) is 67.0 Å². The third-order valence-corrected chi connectivity index (χ3v) is 5.24. The molecule has 0 unspecified atom stereocenters. The molecule has 27 heavy (non-hydrogen) atoms. The number of fused-ring (bicyclic) bond motifs is 5. The molecule has 1 N–H and O–H groups in total. The molecule has 2 aromatic rings. The van der Waals surface area contributed by atoms with Crippen molar-refractivity contribution in [1.29, 1.82) is 0 Å². The van der Waals surface area contributed by atoms with Gasteiger partial charge in [-0.1, -0.05) is 48.6 Å². The predicted molar refractivity (Wildman–Crippen MR) is 109 cm³/mol. The summed E-state index contributed by atoms with van der Waals surface area (Å²) >= 11 is 0. The second-order valence-corrected chi connectivity index (χ2v) is 6.78. The lowest BCUT2D eigenvalue weighted by Crippen LogP contribution is -2.17. The van der Waals surface area contributed by atoms with Crippen LogP contribution in [0, 0.1) is 0 Å². The molecule has 0 spiro atoms. The van der Waals surface area contributed by atoms with Crippen LogP contribution in [0.3, 0.4) is 0 Å². The fourth-order valence-corrected chi connectivity index (χ4v) is 4.05. The van der Waals surface area contributed by atoms with E-state index in [4.69, 9.17) is 4.74 Å². The Hall–Kier alpha value is -3.07. The number of hydrogen-bond donors (Lipinski definition) is 1. The minimum Gasteiger partial charge on any atom is -0.497 e. The Labute approximate surface area is 160 Å². The highest BCUT2D eigenvalue weighted by atomic mass is 16.5. The van der Waals surface area contributed by atoms with Crippen LogP contribution >= 0.6 is 0 Å². The number of carbonyl (C=O) groups is 1. The number of hydrogen-bond acceptors (Lipinski definition) is 2.